The van der Waals surface area contributed by atoms with Crippen molar-refractivity contribution in [2.75, 3.05) is 12.3 Å². The first-order valence-electron chi connectivity index (χ1n) is 4.18. The molecule has 0 rings (SSSR count). The summed E-state index contributed by atoms with van der Waals surface area (Å²) in [5.41, 5.74) is 0. The fourth-order valence-electron chi connectivity index (χ4n) is 0.853. The van der Waals surface area contributed by atoms with Crippen molar-refractivity contribution >= 4 is 21.7 Å². The summed E-state index contributed by atoms with van der Waals surface area (Å²) in [6, 6.07) is 1.58. The summed E-state index contributed by atoms with van der Waals surface area (Å²) in [7, 11) is -3.84. The van der Waals surface area contributed by atoms with Gasteiger partial charge in [-0.05, 0) is 6.92 Å². The standard InChI is InChI=1S/C8H12N2O4S/c1-7(11)3-6-15(13,14)10(5-4-9)8(2)12/h3,5-6H2,1-2H3. The van der Waals surface area contributed by atoms with Crippen LogP contribution in [0.3, 0.4) is 0 Å². The molecule has 0 aliphatic rings. The van der Waals surface area contributed by atoms with Crippen LogP contribution in [0.2, 0.25) is 0 Å². The van der Waals surface area contributed by atoms with Crippen molar-refractivity contribution in [2.45, 2.75) is 20.3 Å². The van der Waals surface area contributed by atoms with E-state index in [2.05, 4.69) is 0 Å². The molecule has 0 bridgehead atoms. The number of ketones is 1. The zero-order valence-corrected chi connectivity index (χ0v) is 9.37. The van der Waals surface area contributed by atoms with Gasteiger partial charge in [-0.15, -0.1) is 0 Å². The van der Waals surface area contributed by atoms with Crippen molar-refractivity contribution in [3.63, 3.8) is 0 Å². The summed E-state index contributed by atoms with van der Waals surface area (Å²) < 4.78 is 23.4. The van der Waals surface area contributed by atoms with Gasteiger partial charge in [0.1, 0.15) is 12.3 Å². The molecule has 0 aromatic carbocycles. The van der Waals surface area contributed by atoms with Crippen molar-refractivity contribution in [1.82, 2.24) is 4.31 Å². The molecule has 0 radical (unpaired) electrons. The summed E-state index contributed by atoms with van der Waals surface area (Å²) in [6.45, 7) is 1.80. The lowest BCUT2D eigenvalue weighted by molar-refractivity contribution is -0.124. The summed E-state index contributed by atoms with van der Waals surface area (Å²) in [6.07, 6.45) is -0.155. The molecule has 0 heterocycles. The number of carbonyl (C=O) groups is 2. The van der Waals surface area contributed by atoms with Gasteiger partial charge in [-0.2, -0.15) is 5.26 Å². The molecule has 0 fully saturated rings. The van der Waals surface area contributed by atoms with Crippen LogP contribution in [-0.2, 0) is 19.6 Å². The van der Waals surface area contributed by atoms with Crippen LogP contribution in [0.25, 0.3) is 0 Å². The molecule has 0 aromatic rings. The van der Waals surface area contributed by atoms with Crippen LogP contribution < -0.4 is 0 Å². The Hall–Kier alpha value is -1.42. The average molecular weight is 232 g/mol. The Morgan fingerprint density at radius 3 is 2.20 bits per heavy atom. The highest BCUT2D eigenvalue weighted by Crippen LogP contribution is 2.03. The maximum absolute atomic E-state index is 11.5. The minimum Gasteiger partial charge on any atom is -0.300 e. The molecular formula is C8H12N2O4S. The van der Waals surface area contributed by atoms with Gasteiger partial charge in [0.25, 0.3) is 0 Å². The van der Waals surface area contributed by atoms with Crippen molar-refractivity contribution in [1.29, 1.82) is 5.26 Å². The fourth-order valence-corrected chi connectivity index (χ4v) is 2.26. The van der Waals surface area contributed by atoms with E-state index >= 15 is 0 Å². The van der Waals surface area contributed by atoms with E-state index in [0.29, 0.717) is 4.31 Å². The molecule has 0 saturated heterocycles. The zero-order valence-electron chi connectivity index (χ0n) is 8.56. The monoisotopic (exact) mass is 232 g/mol. The van der Waals surface area contributed by atoms with E-state index in [-0.39, 0.29) is 12.2 Å². The molecule has 0 atom stereocenters. The topological polar surface area (TPSA) is 95.3 Å². The van der Waals surface area contributed by atoms with E-state index < -0.39 is 28.2 Å². The Bertz CT molecular complexity index is 393. The summed E-state index contributed by atoms with van der Waals surface area (Å²) in [5, 5.41) is 8.35. The van der Waals surface area contributed by atoms with Crippen LogP contribution in [0.4, 0.5) is 0 Å². The lowest BCUT2D eigenvalue weighted by Crippen LogP contribution is -2.37. The third kappa shape index (κ3) is 4.56. The maximum Gasteiger partial charge on any atom is 0.238 e. The number of hydrogen-bond donors (Lipinski definition) is 0. The van der Waals surface area contributed by atoms with Crippen LogP contribution in [0, 0.1) is 11.3 Å². The first kappa shape index (κ1) is 13.6. The minimum atomic E-state index is -3.84. The van der Waals surface area contributed by atoms with Crippen molar-refractivity contribution in [3.05, 3.63) is 0 Å². The molecule has 0 spiro atoms. The van der Waals surface area contributed by atoms with E-state index in [9.17, 15) is 18.0 Å². The highest BCUT2D eigenvalue weighted by atomic mass is 32.2. The van der Waals surface area contributed by atoms with E-state index in [1.54, 1.807) is 6.07 Å². The Morgan fingerprint density at radius 2 is 1.87 bits per heavy atom. The number of sulfonamides is 1. The van der Waals surface area contributed by atoms with Gasteiger partial charge in [0, 0.05) is 13.3 Å². The van der Waals surface area contributed by atoms with Crippen molar-refractivity contribution in [2.24, 2.45) is 0 Å². The molecule has 7 heteroatoms. The summed E-state index contributed by atoms with van der Waals surface area (Å²) in [4.78, 5) is 21.5. The van der Waals surface area contributed by atoms with Gasteiger partial charge in [0.2, 0.25) is 15.9 Å². The van der Waals surface area contributed by atoms with Crippen LogP contribution in [0.15, 0.2) is 0 Å². The number of nitriles is 1. The number of nitrogens with zero attached hydrogens (tertiary/aromatic N) is 2. The van der Waals surface area contributed by atoms with Gasteiger partial charge < -0.3 is 0 Å². The SMILES string of the molecule is CC(=O)CCS(=O)(=O)N(CC#N)C(C)=O. The molecule has 84 valence electrons. The molecule has 0 saturated carbocycles. The Balaban J connectivity index is 4.74. The predicted molar refractivity (Wildman–Crippen MR) is 52.1 cm³/mol. The molecular weight excluding hydrogens is 220 g/mol. The second-order valence-corrected chi connectivity index (χ2v) is 4.96. The van der Waals surface area contributed by atoms with Crippen LogP contribution in [-0.4, -0.2) is 36.7 Å². The normalized spacial score (nSPS) is 10.5. The molecule has 0 aromatic heterocycles. The van der Waals surface area contributed by atoms with Gasteiger partial charge in [0.15, 0.2) is 0 Å². The van der Waals surface area contributed by atoms with E-state index in [1.807, 2.05) is 0 Å². The number of rotatable bonds is 5. The zero-order chi connectivity index (χ0) is 12.1. The van der Waals surface area contributed by atoms with E-state index in [0.717, 1.165) is 6.92 Å². The fraction of sp³-hybridized carbons (Fsp3) is 0.625. The molecule has 6 nitrogen and oxygen atoms in total. The molecule has 0 unspecified atom stereocenters. The highest BCUT2D eigenvalue weighted by Gasteiger charge is 2.24. The quantitative estimate of drug-likeness (QED) is 0.605. The van der Waals surface area contributed by atoms with Gasteiger partial charge in [-0.1, -0.05) is 0 Å². The molecule has 0 N–H and O–H groups in total. The van der Waals surface area contributed by atoms with Crippen LogP contribution >= 0.6 is 0 Å². The Morgan fingerprint density at radius 1 is 1.33 bits per heavy atom. The minimum absolute atomic E-state index is 0.155. The predicted octanol–water partition coefficient (Wildman–Crippen LogP) is -0.333. The van der Waals surface area contributed by atoms with Crippen LogP contribution in [0.5, 0.6) is 0 Å². The smallest absolute Gasteiger partial charge is 0.238 e. The first-order valence-corrected chi connectivity index (χ1v) is 5.79. The number of carbonyl (C=O) groups excluding carboxylic acids is 2. The molecule has 1 amide bonds. The maximum atomic E-state index is 11.5. The van der Waals surface area contributed by atoms with Crippen molar-refractivity contribution < 1.29 is 18.0 Å². The third-order valence-electron chi connectivity index (χ3n) is 1.61. The Labute approximate surface area is 88.5 Å². The number of Topliss-reactive ketones (excluding diaryl/α,β-unsaturated/α-hetero) is 1. The Kier molecular flexibility index (Phi) is 4.94. The lowest BCUT2D eigenvalue weighted by atomic mass is 10.4. The largest absolute Gasteiger partial charge is 0.300 e. The molecule has 15 heavy (non-hydrogen) atoms. The summed E-state index contributed by atoms with van der Waals surface area (Å²) >= 11 is 0. The van der Waals surface area contributed by atoms with Crippen LogP contribution in [0.1, 0.15) is 20.3 Å². The molecule has 0 aliphatic carbocycles. The van der Waals surface area contributed by atoms with Gasteiger partial charge in [-0.25, -0.2) is 12.7 Å². The highest BCUT2D eigenvalue weighted by molar-refractivity contribution is 7.89. The third-order valence-corrected chi connectivity index (χ3v) is 3.39. The second kappa shape index (κ2) is 5.46. The van der Waals surface area contributed by atoms with Gasteiger partial charge >= 0.3 is 0 Å². The average Bonchev–Trinajstić information content (AvgIpc) is 2.10. The van der Waals surface area contributed by atoms with E-state index in [1.165, 1.54) is 6.92 Å². The number of amides is 1. The summed E-state index contributed by atoms with van der Waals surface area (Å²) in [5.74, 6) is -1.44. The second-order valence-electron chi connectivity index (χ2n) is 2.95. The lowest BCUT2D eigenvalue weighted by Gasteiger charge is -2.16. The van der Waals surface area contributed by atoms with Crippen molar-refractivity contribution in [3.8, 4) is 6.07 Å². The van der Waals surface area contributed by atoms with Gasteiger partial charge in [-0.3, -0.25) is 9.59 Å². The van der Waals surface area contributed by atoms with Gasteiger partial charge in [0.05, 0.1) is 11.8 Å². The molecule has 0 aliphatic heterocycles. The first-order chi connectivity index (χ1) is 6.81. The number of hydrogen-bond acceptors (Lipinski definition) is 5. The van der Waals surface area contributed by atoms with E-state index in [4.69, 9.17) is 5.26 Å².